The first kappa shape index (κ1) is 13.6. The molecule has 0 unspecified atom stereocenters. The third-order valence-corrected chi connectivity index (χ3v) is 2.66. The van der Waals surface area contributed by atoms with Crippen LogP contribution >= 0.6 is 27.5 Å². The minimum Gasteiger partial charge on any atom is -0.231 e. The summed E-state index contributed by atoms with van der Waals surface area (Å²) in [4.78, 5) is 2.97. The van der Waals surface area contributed by atoms with E-state index in [2.05, 4.69) is 20.9 Å². The van der Waals surface area contributed by atoms with E-state index >= 15 is 0 Å². The predicted molar refractivity (Wildman–Crippen MR) is 51.8 cm³/mol. The van der Waals surface area contributed by atoms with Gasteiger partial charge in [0.2, 0.25) is 0 Å². The molecule has 0 amide bonds. The SMILES string of the molecule is FC(F)c1cc(CBr)c(Cl)nc1C(F)(F)F. The molecule has 0 aliphatic rings. The summed E-state index contributed by atoms with van der Waals surface area (Å²) in [7, 11) is 0. The van der Waals surface area contributed by atoms with Gasteiger partial charge in [-0.2, -0.15) is 13.2 Å². The number of pyridine rings is 1. The molecule has 8 heteroatoms. The Morgan fingerprint density at radius 3 is 2.31 bits per heavy atom. The molecule has 1 aromatic rings. The number of nitrogens with zero attached hydrogens (tertiary/aromatic N) is 1. The Morgan fingerprint density at radius 2 is 1.94 bits per heavy atom. The topological polar surface area (TPSA) is 12.9 Å². The molecule has 0 aliphatic carbocycles. The van der Waals surface area contributed by atoms with Crippen LogP contribution in [0.3, 0.4) is 0 Å². The Bertz CT molecular complexity index is 393. The van der Waals surface area contributed by atoms with Crippen molar-refractivity contribution >= 4 is 27.5 Å². The first-order valence-electron chi connectivity index (χ1n) is 3.88. The predicted octanol–water partition coefficient (Wildman–Crippen LogP) is 4.59. The largest absolute Gasteiger partial charge is 0.433 e. The number of rotatable bonds is 2. The van der Waals surface area contributed by atoms with Gasteiger partial charge in [0.05, 0.1) is 0 Å². The first-order chi connectivity index (χ1) is 7.27. The van der Waals surface area contributed by atoms with E-state index < -0.39 is 29.0 Å². The zero-order valence-corrected chi connectivity index (χ0v) is 9.80. The van der Waals surface area contributed by atoms with Crippen LogP contribution in [0.1, 0.15) is 23.2 Å². The summed E-state index contributed by atoms with van der Waals surface area (Å²) in [6.07, 6.45) is -8.19. The van der Waals surface area contributed by atoms with Gasteiger partial charge in [-0.05, 0) is 6.07 Å². The molecule has 0 aromatic carbocycles. The Labute approximate surface area is 101 Å². The number of hydrogen-bond donors (Lipinski definition) is 0. The fourth-order valence-electron chi connectivity index (χ4n) is 1.04. The van der Waals surface area contributed by atoms with E-state index in [4.69, 9.17) is 11.6 Å². The van der Waals surface area contributed by atoms with Crippen LogP contribution in [0.25, 0.3) is 0 Å². The molecule has 16 heavy (non-hydrogen) atoms. The maximum atomic E-state index is 12.4. The molecular formula is C8H4BrClF5N. The van der Waals surface area contributed by atoms with E-state index in [1.165, 1.54) is 0 Å². The van der Waals surface area contributed by atoms with Crippen LogP contribution in [0, 0.1) is 0 Å². The summed E-state index contributed by atoms with van der Waals surface area (Å²) < 4.78 is 61.9. The number of aromatic nitrogens is 1. The summed E-state index contributed by atoms with van der Waals surface area (Å²) in [6, 6.07) is 0.706. The van der Waals surface area contributed by atoms with Crippen molar-refractivity contribution in [3.05, 3.63) is 28.0 Å². The monoisotopic (exact) mass is 323 g/mol. The summed E-state index contributed by atoms with van der Waals surface area (Å²) in [5, 5.41) is -0.384. The van der Waals surface area contributed by atoms with Crippen LogP contribution in [0.4, 0.5) is 22.0 Å². The lowest BCUT2D eigenvalue weighted by molar-refractivity contribution is -0.143. The smallest absolute Gasteiger partial charge is 0.231 e. The molecule has 0 fully saturated rings. The minimum atomic E-state index is -4.94. The minimum absolute atomic E-state index is 0.0523. The van der Waals surface area contributed by atoms with Gasteiger partial charge in [0.25, 0.3) is 6.43 Å². The fourth-order valence-corrected chi connectivity index (χ4v) is 1.83. The molecule has 0 saturated heterocycles. The van der Waals surface area contributed by atoms with Crippen LogP contribution in [-0.2, 0) is 11.5 Å². The molecule has 0 atom stereocenters. The first-order valence-corrected chi connectivity index (χ1v) is 5.38. The molecule has 0 spiro atoms. The van der Waals surface area contributed by atoms with Crippen molar-refractivity contribution < 1.29 is 22.0 Å². The van der Waals surface area contributed by atoms with Crippen LogP contribution in [0.2, 0.25) is 5.15 Å². The number of hydrogen-bond acceptors (Lipinski definition) is 1. The lowest BCUT2D eigenvalue weighted by atomic mass is 10.1. The third kappa shape index (κ3) is 2.82. The normalized spacial score (nSPS) is 12.2. The van der Waals surface area contributed by atoms with Crippen molar-refractivity contribution in [1.29, 1.82) is 0 Å². The highest BCUT2D eigenvalue weighted by molar-refractivity contribution is 9.08. The molecule has 1 heterocycles. The van der Waals surface area contributed by atoms with Crippen LogP contribution < -0.4 is 0 Å². The summed E-state index contributed by atoms with van der Waals surface area (Å²) in [6.45, 7) is 0. The summed E-state index contributed by atoms with van der Waals surface area (Å²) in [5.41, 5.74) is -2.71. The second kappa shape index (κ2) is 4.83. The van der Waals surface area contributed by atoms with Gasteiger partial charge in [0.1, 0.15) is 5.15 Å². The van der Waals surface area contributed by atoms with Gasteiger partial charge in [-0.15, -0.1) is 0 Å². The highest BCUT2D eigenvalue weighted by Gasteiger charge is 2.38. The van der Waals surface area contributed by atoms with Crippen molar-refractivity contribution in [3.8, 4) is 0 Å². The molecule has 0 bridgehead atoms. The van der Waals surface area contributed by atoms with E-state index in [1.807, 2.05) is 0 Å². The van der Waals surface area contributed by atoms with E-state index in [0.29, 0.717) is 6.07 Å². The van der Waals surface area contributed by atoms with Gasteiger partial charge in [-0.1, -0.05) is 27.5 Å². The van der Waals surface area contributed by atoms with Crippen LogP contribution in [0.5, 0.6) is 0 Å². The fraction of sp³-hybridized carbons (Fsp3) is 0.375. The Morgan fingerprint density at radius 1 is 1.38 bits per heavy atom. The summed E-state index contributed by atoms with van der Waals surface area (Å²) >= 11 is 8.34. The van der Waals surface area contributed by atoms with Crippen molar-refractivity contribution in [3.63, 3.8) is 0 Å². The van der Waals surface area contributed by atoms with E-state index in [0.717, 1.165) is 0 Å². The van der Waals surface area contributed by atoms with Crippen molar-refractivity contribution in [1.82, 2.24) is 4.98 Å². The molecule has 0 radical (unpaired) electrons. The van der Waals surface area contributed by atoms with Gasteiger partial charge < -0.3 is 0 Å². The van der Waals surface area contributed by atoms with Crippen molar-refractivity contribution in [2.45, 2.75) is 17.9 Å². The maximum absolute atomic E-state index is 12.4. The number of alkyl halides is 6. The molecule has 0 aliphatic heterocycles. The lowest BCUT2D eigenvalue weighted by Crippen LogP contribution is -2.13. The second-order valence-electron chi connectivity index (χ2n) is 2.81. The average Bonchev–Trinajstić information content (AvgIpc) is 2.15. The standard InChI is InChI=1S/C8H4BrClF5N/c9-2-3-1-4(7(11)12)5(8(13,14)15)16-6(3)10/h1,7H,2H2. The highest BCUT2D eigenvalue weighted by atomic mass is 79.9. The zero-order chi connectivity index (χ0) is 12.5. The van der Waals surface area contributed by atoms with Gasteiger partial charge >= 0.3 is 6.18 Å². The van der Waals surface area contributed by atoms with Crippen LogP contribution in [0.15, 0.2) is 6.07 Å². The Balaban J connectivity index is 3.42. The van der Waals surface area contributed by atoms with Crippen molar-refractivity contribution in [2.24, 2.45) is 0 Å². The Hall–Kier alpha value is -0.430. The zero-order valence-electron chi connectivity index (χ0n) is 7.45. The molecule has 1 nitrogen and oxygen atoms in total. The van der Waals surface area contributed by atoms with Gasteiger partial charge in [-0.3, -0.25) is 0 Å². The summed E-state index contributed by atoms with van der Waals surface area (Å²) in [5.74, 6) is 0. The molecule has 0 saturated carbocycles. The highest BCUT2D eigenvalue weighted by Crippen LogP contribution is 2.37. The molecular weight excluding hydrogens is 320 g/mol. The lowest BCUT2D eigenvalue weighted by Gasteiger charge is -2.13. The molecule has 1 aromatic heterocycles. The van der Waals surface area contributed by atoms with Crippen LogP contribution in [-0.4, -0.2) is 4.98 Å². The van der Waals surface area contributed by atoms with Crippen molar-refractivity contribution in [2.75, 3.05) is 0 Å². The maximum Gasteiger partial charge on any atom is 0.433 e. The average molecular weight is 324 g/mol. The molecule has 0 N–H and O–H groups in total. The van der Waals surface area contributed by atoms with Gasteiger partial charge in [0, 0.05) is 16.5 Å². The van der Waals surface area contributed by atoms with E-state index in [1.54, 1.807) is 0 Å². The second-order valence-corrected chi connectivity index (χ2v) is 3.73. The quantitative estimate of drug-likeness (QED) is 0.440. The molecule has 1 rings (SSSR count). The Kier molecular flexibility index (Phi) is 4.12. The third-order valence-electron chi connectivity index (χ3n) is 1.73. The van der Waals surface area contributed by atoms with E-state index in [-0.39, 0.29) is 10.9 Å². The van der Waals surface area contributed by atoms with E-state index in [9.17, 15) is 22.0 Å². The molecule has 90 valence electrons. The number of halogens is 7. The van der Waals surface area contributed by atoms with Gasteiger partial charge in [0.15, 0.2) is 5.69 Å². The van der Waals surface area contributed by atoms with Gasteiger partial charge in [-0.25, -0.2) is 13.8 Å².